The first kappa shape index (κ1) is 14.4. The summed E-state index contributed by atoms with van der Waals surface area (Å²) in [6, 6.07) is 0. The van der Waals surface area contributed by atoms with E-state index in [2.05, 4.69) is 12.2 Å². The summed E-state index contributed by atoms with van der Waals surface area (Å²) < 4.78 is 0. The Hall–Kier alpha value is -1.06. The van der Waals surface area contributed by atoms with E-state index in [0.717, 1.165) is 19.4 Å². The summed E-state index contributed by atoms with van der Waals surface area (Å²) in [7, 11) is 0. The third kappa shape index (κ3) is 3.71. The van der Waals surface area contributed by atoms with Crippen molar-refractivity contribution in [3.63, 3.8) is 0 Å². The lowest BCUT2D eigenvalue weighted by atomic mass is 9.81. The van der Waals surface area contributed by atoms with Gasteiger partial charge in [-0.05, 0) is 43.9 Å². The van der Waals surface area contributed by atoms with E-state index in [0.29, 0.717) is 12.8 Å². The molecule has 0 atom stereocenters. The van der Waals surface area contributed by atoms with Crippen LogP contribution in [0.5, 0.6) is 0 Å². The van der Waals surface area contributed by atoms with Crippen molar-refractivity contribution in [2.24, 2.45) is 17.3 Å². The molecule has 0 heterocycles. The molecule has 0 radical (unpaired) electrons. The van der Waals surface area contributed by atoms with Gasteiger partial charge in [-0.3, -0.25) is 9.59 Å². The molecule has 4 heteroatoms. The Morgan fingerprint density at radius 1 is 1.11 bits per heavy atom. The van der Waals surface area contributed by atoms with Crippen LogP contribution in [0.3, 0.4) is 0 Å². The summed E-state index contributed by atoms with van der Waals surface area (Å²) in [5, 5.41) is 12.0. The van der Waals surface area contributed by atoms with Crippen molar-refractivity contribution in [3.8, 4) is 0 Å². The number of carbonyl (C=O) groups is 2. The number of aliphatic carboxylic acids is 1. The summed E-state index contributed by atoms with van der Waals surface area (Å²) >= 11 is 0. The van der Waals surface area contributed by atoms with Gasteiger partial charge in [0.2, 0.25) is 5.91 Å². The molecule has 19 heavy (non-hydrogen) atoms. The molecule has 0 aliphatic heterocycles. The van der Waals surface area contributed by atoms with E-state index in [4.69, 9.17) is 5.11 Å². The second-order valence-electron chi connectivity index (χ2n) is 6.62. The summed E-state index contributed by atoms with van der Waals surface area (Å²) in [6.45, 7) is 3.03. The summed E-state index contributed by atoms with van der Waals surface area (Å²) in [6.07, 6.45) is 7.69. The van der Waals surface area contributed by atoms with Gasteiger partial charge in [-0.25, -0.2) is 0 Å². The number of carboxylic acids is 1. The highest BCUT2D eigenvalue weighted by molar-refractivity contribution is 5.79. The van der Waals surface area contributed by atoms with Crippen LogP contribution in [0.1, 0.15) is 58.3 Å². The lowest BCUT2D eigenvalue weighted by molar-refractivity contribution is -0.144. The normalized spacial score (nSPS) is 29.9. The van der Waals surface area contributed by atoms with E-state index in [1.165, 1.54) is 25.7 Å². The van der Waals surface area contributed by atoms with Crippen molar-refractivity contribution in [2.75, 3.05) is 6.54 Å². The van der Waals surface area contributed by atoms with Crippen LogP contribution < -0.4 is 5.32 Å². The average Bonchev–Trinajstić information content (AvgIpc) is 2.83. The van der Waals surface area contributed by atoms with Crippen molar-refractivity contribution in [1.29, 1.82) is 0 Å². The van der Waals surface area contributed by atoms with Crippen LogP contribution in [0.15, 0.2) is 0 Å². The van der Waals surface area contributed by atoms with Gasteiger partial charge in [-0.15, -0.1) is 0 Å². The Bertz CT molecular complexity index is 339. The van der Waals surface area contributed by atoms with E-state index >= 15 is 0 Å². The van der Waals surface area contributed by atoms with Crippen LogP contribution in [0.2, 0.25) is 0 Å². The number of carboxylic acid groups (broad SMARTS) is 1. The molecule has 0 unspecified atom stereocenters. The SMILES string of the molecule is CC1(CNC(=O)C2CCC(C(=O)O)CC2)CCCC1. The van der Waals surface area contributed by atoms with Gasteiger partial charge in [0.05, 0.1) is 5.92 Å². The highest BCUT2D eigenvalue weighted by atomic mass is 16.4. The van der Waals surface area contributed by atoms with Crippen LogP contribution in [-0.4, -0.2) is 23.5 Å². The number of hydrogen-bond acceptors (Lipinski definition) is 2. The third-order valence-corrected chi connectivity index (χ3v) is 4.95. The Morgan fingerprint density at radius 2 is 1.63 bits per heavy atom. The van der Waals surface area contributed by atoms with Crippen LogP contribution in [0.4, 0.5) is 0 Å². The number of amides is 1. The summed E-state index contributed by atoms with van der Waals surface area (Å²) in [4.78, 5) is 23.0. The maximum atomic E-state index is 12.1. The summed E-state index contributed by atoms with van der Waals surface area (Å²) in [5.74, 6) is -0.786. The van der Waals surface area contributed by atoms with Gasteiger partial charge < -0.3 is 10.4 Å². The molecule has 2 fully saturated rings. The van der Waals surface area contributed by atoms with Crippen molar-refractivity contribution < 1.29 is 14.7 Å². The fraction of sp³-hybridized carbons (Fsp3) is 0.867. The number of nitrogens with one attached hydrogen (secondary N) is 1. The first-order valence-electron chi connectivity index (χ1n) is 7.51. The Morgan fingerprint density at radius 3 is 2.16 bits per heavy atom. The lowest BCUT2D eigenvalue weighted by Crippen LogP contribution is -2.39. The van der Waals surface area contributed by atoms with Crippen LogP contribution >= 0.6 is 0 Å². The van der Waals surface area contributed by atoms with Crippen molar-refractivity contribution in [3.05, 3.63) is 0 Å². The molecule has 0 aromatic carbocycles. The van der Waals surface area contributed by atoms with Crippen LogP contribution in [0, 0.1) is 17.3 Å². The fourth-order valence-corrected chi connectivity index (χ4v) is 3.45. The second-order valence-corrected chi connectivity index (χ2v) is 6.62. The van der Waals surface area contributed by atoms with Gasteiger partial charge in [0, 0.05) is 12.5 Å². The molecule has 0 bridgehead atoms. The first-order chi connectivity index (χ1) is 9.00. The largest absolute Gasteiger partial charge is 0.481 e. The fourth-order valence-electron chi connectivity index (χ4n) is 3.45. The average molecular weight is 267 g/mol. The molecule has 1 amide bonds. The van der Waals surface area contributed by atoms with Gasteiger partial charge >= 0.3 is 5.97 Å². The zero-order valence-corrected chi connectivity index (χ0v) is 11.8. The van der Waals surface area contributed by atoms with E-state index in [1.807, 2.05) is 0 Å². The van der Waals surface area contributed by atoms with Gasteiger partial charge in [-0.2, -0.15) is 0 Å². The molecule has 0 spiro atoms. The van der Waals surface area contributed by atoms with Crippen LogP contribution in [0.25, 0.3) is 0 Å². The zero-order chi connectivity index (χ0) is 13.9. The Balaban J connectivity index is 1.74. The lowest BCUT2D eigenvalue weighted by Gasteiger charge is -2.28. The molecule has 0 aromatic rings. The Kier molecular flexibility index (Phi) is 4.48. The summed E-state index contributed by atoms with van der Waals surface area (Å²) in [5.41, 5.74) is 0.286. The molecule has 2 rings (SSSR count). The van der Waals surface area contributed by atoms with Gasteiger partial charge in [0.1, 0.15) is 0 Å². The van der Waals surface area contributed by atoms with Gasteiger partial charge in [0.15, 0.2) is 0 Å². The molecule has 2 aliphatic rings. The molecule has 108 valence electrons. The maximum absolute atomic E-state index is 12.1. The molecule has 2 N–H and O–H groups in total. The molecular weight excluding hydrogens is 242 g/mol. The third-order valence-electron chi connectivity index (χ3n) is 4.95. The molecular formula is C15H25NO3. The van der Waals surface area contributed by atoms with E-state index in [1.54, 1.807) is 0 Å². The minimum atomic E-state index is -0.711. The van der Waals surface area contributed by atoms with E-state index < -0.39 is 5.97 Å². The van der Waals surface area contributed by atoms with Crippen molar-refractivity contribution in [2.45, 2.75) is 58.3 Å². The molecule has 0 saturated heterocycles. The standard InChI is InChI=1S/C15H25NO3/c1-15(8-2-3-9-15)10-16-13(17)11-4-6-12(7-5-11)14(18)19/h11-12H,2-10H2,1H3,(H,16,17)(H,18,19). The number of hydrogen-bond donors (Lipinski definition) is 2. The molecule has 0 aromatic heterocycles. The minimum Gasteiger partial charge on any atom is -0.481 e. The van der Waals surface area contributed by atoms with Crippen molar-refractivity contribution >= 4 is 11.9 Å². The van der Waals surface area contributed by atoms with E-state index in [-0.39, 0.29) is 23.2 Å². The topological polar surface area (TPSA) is 66.4 Å². The highest BCUT2D eigenvalue weighted by Gasteiger charge is 2.32. The smallest absolute Gasteiger partial charge is 0.306 e. The quantitative estimate of drug-likeness (QED) is 0.822. The molecule has 4 nitrogen and oxygen atoms in total. The maximum Gasteiger partial charge on any atom is 0.306 e. The number of carbonyl (C=O) groups excluding carboxylic acids is 1. The number of rotatable bonds is 4. The minimum absolute atomic E-state index is 0.0283. The predicted octanol–water partition coefficient (Wildman–Crippen LogP) is 2.57. The zero-order valence-electron chi connectivity index (χ0n) is 11.8. The molecule has 2 aliphatic carbocycles. The Labute approximate surface area is 115 Å². The monoisotopic (exact) mass is 267 g/mol. The first-order valence-corrected chi connectivity index (χ1v) is 7.51. The van der Waals surface area contributed by atoms with Crippen LogP contribution in [-0.2, 0) is 9.59 Å². The second kappa shape index (κ2) is 5.93. The van der Waals surface area contributed by atoms with Gasteiger partial charge in [0.25, 0.3) is 0 Å². The van der Waals surface area contributed by atoms with E-state index in [9.17, 15) is 9.59 Å². The van der Waals surface area contributed by atoms with Gasteiger partial charge in [-0.1, -0.05) is 19.8 Å². The highest BCUT2D eigenvalue weighted by Crippen LogP contribution is 2.37. The molecule has 2 saturated carbocycles. The van der Waals surface area contributed by atoms with Crippen molar-refractivity contribution in [1.82, 2.24) is 5.32 Å². The predicted molar refractivity (Wildman–Crippen MR) is 72.7 cm³/mol.